The molecule has 1 aromatic heterocycles. The number of carbonyl (C=O) groups is 1. The lowest BCUT2D eigenvalue weighted by molar-refractivity contribution is -0.122. The molecule has 0 atom stereocenters. The van der Waals surface area contributed by atoms with Gasteiger partial charge in [-0.05, 0) is 35.9 Å². The van der Waals surface area contributed by atoms with Crippen LogP contribution in [0.15, 0.2) is 75.4 Å². The number of pyridine rings is 1. The highest BCUT2D eigenvalue weighted by atomic mass is 32.2. The van der Waals surface area contributed by atoms with E-state index in [1.165, 1.54) is 16.3 Å². The zero-order valence-corrected chi connectivity index (χ0v) is 19.3. The number of nitrogens with two attached hydrogens (primary N) is 2. The summed E-state index contributed by atoms with van der Waals surface area (Å²) in [5.74, 6) is -0.314. The molecular formula is C23H27N7O2S. The van der Waals surface area contributed by atoms with Crippen molar-refractivity contribution in [1.29, 1.82) is 5.41 Å². The molecule has 3 rings (SSSR count). The Labute approximate surface area is 196 Å². The monoisotopic (exact) mass is 465 g/mol. The normalized spacial score (nSPS) is 10.8. The van der Waals surface area contributed by atoms with E-state index in [0.29, 0.717) is 28.5 Å². The number of anilines is 2. The molecule has 0 spiro atoms. The van der Waals surface area contributed by atoms with Crippen molar-refractivity contribution in [2.24, 2.45) is 5.73 Å². The molecule has 7 N–H and O–H groups in total. The van der Waals surface area contributed by atoms with Crippen molar-refractivity contribution in [3.63, 3.8) is 0 Å². The second kappa shape index (κ2) is 10.7. The van der Waals surface area contributed by atoms with Crippen molar-refractivity contribution in [3.8, 4) is 0 Å². The first-order valence-corrected chi connectivity index (χ1v) is 11.0. The van der Waals surface area contributed by atoms with E-state index in [2.05, 4.69) is 10.7 Å². The second-order valence-electron chi connectivity index (χ2n) is 7.54. The highest BCUT2D eigenvalue weighted by Gasteiger charge is 2.14. The zero-order chi connectivity index (χ0) is 24.0. The Morgan fingerprint density at radius 3 is 2.48 bits per heavy atom. The maximum Gasteiger partial charge on any atom is 0.276 e. The number of amides is 1. The molecule has 0 unspecified atom stereocenters. The van der Waals surface area contributed by atoms with E-state index in [1.807, 2.05) is 18.2 Å². The molecule has 1 heterocycles. The summed E-state index contributed by atoms with van der Waals surface area (Å²) in [6.45, 7) is 0.150. The number of rotatable bonds is 9. The molecule has 10 heteroatoms. The molecule has 0 bridgehead atoms. The van der Waals surface area contributed by atoms with Crippen LogP contribution >= 0.6 is 11.8 Å². The van der Waals surface area contributed by atoms with Crippen molar-refractivity contribution < 1.29 is 4.79 Å². The lowest BCUT2D eigenvalue weighted by Gasteiger charge is -2.17. The number of nitrogen functional groups attached to an aromatic ring is 2. The Balaban J connectivity index is 1.80. The first-order valence-electron chi connectivity index (χ1n) is 10.1. The van der Waals surface area contributed by atoms with Crippen molar-refractivity contribution in [2.45, 2.75) is 23.0 Å². The fourth-order valence-electron chi connectivity index (χ4n) is 3.03. The zero-order valence-electron chi connectivity index (χ0n) is 18.5. The maximum absolute atomic E-state index is 13.1. The predicted octanol–water partition coefficient (Wildman–Crippen LogP) is 2.07. The molecule has 0 aliphatic rings. The van der Waals surface area contributed by atoms with Gasteiger partial charge in [0.15, 0.2) is 0 Å². The molecule has 3 aromatic rings. The summed E-state index contributed by atoms with van der Waals surface area (Å²) in [6.07, 6.45) is 0. The minimum atomic E-state index is -0.307. The molecule has 1 amide bonds. The van der Waals surface area contributed by atoms with Gasteiger partial charge in [0.2, 0.25) is 5.91 Å². The van der Waals surface area contributed by atoms with Crippen LogP contribution in [0, 0.1) is 5.41 Å². The van der Waals surface area contributed by atoms with E-state index in [9.17, 15) is 9.59 Å². The third-order valence-electron chi connectivity index (χ3n) is 4.62. The van der Waals surface area contributed by atoms with Gasteiger partial charge in [0.1, 0.15) is 18.1 Å². The van der Waals surface area contributed by atoms with Gasteiger partial charge in [-0.2, -0.15) is 0 Å². The molecule has 0 fully saturated rings. The summed E-state index contributed by atoms with van der Waals surface area (Å²) in [7, 11) is 3.56. The van der Waals surface area contributed by atoms with Crippen LogP contribution < -0.4 is 27.8 Å². The van der Waals surface area contributed by atoms with E-state index < -0.39 is 0 Å². The first-order chi connectivity index (χ1) is 15.7. The Morgan fingerprint density at radius 1 is 1.12 bits per heavy atom. The molecule has 172 valence electrons. The lowest BCUT2D eigenvalue weighted by atomic mass is 10.1. The van der Waals surface area contributed by atoms with Crippen LogP contribution in [0.25, 0.3) is 0 Å². The van der Waals surface area contributed by atoms with Crippen LogP contribution in [-0.2, 0) is 17.9 Å². The molecule has 2 aromatic carbocycles. The molecule has 9 nitrogen and oxygen atoms in total. The van der Waals surface area contributed by atoms with Gasteiger partial charge in [-0.1, -0.05) is 42.1 Å². The third-order valence-corrected chi connectivity index (χ3v) is 5.67. The number of nitrogens with one attached hydrogen (secondary N) is 3. The maximum atomic E-state index is 13.1. The quantitative estimate of drug-likeness (QED) is 0.141. The molecular weight excluding hydrogens is 438 g/mol. The van der Waals surface area contributed by atoms with Gasteiger partial charge in [-0.3, -0.25) is 19.6 Å². The molecule has 0 saturated carbocycles. The molecule has 33 heavy (non-hydrogen) atoms. The Hall–Kier alpha value is -3.76. The average molecular weight is 466 g/mol. The smallest absolute Gasteiger partial charge is 0.276 e. The van der Waals surface area contributed by atoms with Crippen molar-refractivity contribution >= 4 is 34.9 Å². The van der Waals surface area contributed by atoms with Crippen LogP contribution in [0.1, 0.15) is 11.1 Å². The van der Waals surface area contributed by atoms with Crippen molar-refractivity contribution in [2.75, 3.05) is 25.3 Å². The number of hydrogen-bond acceptors (Lipinski definition) is 7. The molecule has 0 radical (unpaired) electrons. The summed E-state index contributed by atoms with van der Waals surface area (Å²) in [6, 6.07) is 17.9. The second-order valence-corrected chi connectivity index (χ2v) is 8.64. The number of hydrazine groups is 1. The predicted molar refractivity (Wildman–Crippen MR) is 132 cm³/mol. The van der Waals surface area contributed by atoms with E-state index in [1.54, 1.807) is 61.6 Å². The molecule has 0 aliphatic heterocycles. The van der Waals surface area contributed by atoms with E-state index in [4.69, 9.17) is 16.9 Å². The Morgan fingerprint density at radius 2 is 1.85 bits per heavy atom. The van der Waals surface area contributed by atoms with E-state index >= 15 is 0 Å². The number of benzene rings is 2. The van der Waals surface area contributed by atoms with Gasteiger partial charge in [0.25, 0.3) is 5.56 Å². The minimum Gasteiger partial charge on any atom is -0.399 e. The summed E-state index contributed by atoms with van der Waals surface area (Å²) in [5.41, 5.74) is 16.5. The summed E-state index contributed by atoms with van der Waals surface area (Å²) < 4.78 is 1.44. The number of aromatic nitrogens is 1. The largest absolute Gasteiger partial charge is 0.399 e. The van der Waals surface area contributed by atoms with Crippen LogP contribution in [-0.4, -0.2) is 35.4 Å². The van der Waals surface area contributed by atoms with E-state index in [-0.39, 0.29) is 23.8 Å². The third kappa shape index (κ3) is 6.61. The fraction of sp³-hybridized carbons (Fsp3) is 0.174. The van der Waals surface area contributed by atoms with E-state index in [0.717, 1.165) is 10.5 Å². The van der Waals surface area contributed by atoms with Gasteiger partial charge in [-0.25, -0.2) is 5.01 Å². The van der Waals surface area contributed by atoms with Crippen molar-refractivity contribution in [3.05, 3.63) is 82.1 Å². The van der Waals surface area contributed by atoms with Gasteiger partial charge in [0.05, 0.1) is 5.03 Å². The van der Waals surface area contributed by atoms with Gasteiger partial charge < -0.3 is 22.2 Å². The topological polar surface area (TPSA) is 142 Å². The summed E-state index contributed by atoms with van der Waals surface area (Å²) in [5, 5.41) is 12.6. The Kier molecular flexibility index (Phi) is 7.75. The summed E-state index contributed by atoms with van der Waals surface area (Å²) >= 11 is 1.36. The van der Waals surface area contributed by atoms with Gasteiger partial charge in [-0.15, -0.1) is 0 Å². The number of carbonyl (C=O) groups excluding carboxylic acids is 1. The standard InChI is InChI=1S/C23H27N7O2S/c1-29(2)28-19-10-11-21(33-18-5-3-4-17(24)12-18)30(23(19)32)14-20(31)27-13-15-6-8-16(9-7-15)22(25)26/h3-12,28H,13-14,24H2,1-2H3,(H3,25,26)(H,27,31). The highest BCUT2D eigenvalue weighted by molar-refractivity contribution is 7.99. The molecule has 0 aliphatic carbocycles. The van der Waals surface area contributed by atoms with Crippen LogP contribution in [0.2, 0.25) is 0 Å². The summed E-state index contributed by atoms with van der Waals surface area (Å²) in [4.78, 5) is 26.7. The average Bonchev–Trinajstić information content (AvgIpc) is 2.77. The van der Waals surface area contributed by atoms with Crippen LogP contribution in [0.5, 0.6) is 0 Å². The van der Waals surface area contributed by atoms with Crippen LogP contribution in [0.3, 0.4) is 0 Å². The molecule has 0 saturated heterocycles. The lowest BCUT2D eigenvalue weighted by Crippen LogP contribution is -2.35. The van der Waals surface area contributed by atoms with Crippen LogP contribution in [0.4, 0.5) is 11.4 Å². The number of amidine groups is 1. The van der Waals surface area contributed by atoms with Gasteiger partial charge in [0, 0.05) is 36.8 Å². The number of hydrogen-bond donors (Lipinski definition) is 5. The van der Waals surface area contributed by atoms with Crippen molar-refractivity contribution in [1.82, 2.24) is 14.9 Å². The Bertz CT molecular complexity index is 1210. The highest BCUT2D eigenvalue weighted by Crippen LogP contribution is 2.28. The SMILES string of the molecule is CN(C)Nc1ccc(Sc2cccc(N)c2)n(CC(=O)NCc2ccc(C(=N)N)cc2)c1=O. The first kappa shape index (κ1) is 23.9. The number of nitrogens with zero attached hydrogens (tertiary/aromatic N) is 2. The van der Waals surface area contributed by atoms with Gasteiger partial charge >= 0.3 is 0 Å². The fourth-order valence-corrected chi connectivity index (χ4v) is 4.00. The minimum absolute atomic E-state index is 0.0126.